The second kappa shape index (κ2) is 8.87. The number of nitrogens with zero attached hydrogens (tertiary/aromatic N) is 3. The number of carbonyl (C=O) groups is 1. The summed E-state index contributed by atoms with van der Waals surface area (Å²) in [5.74, 6) is 0.806. The van der Waals surface area contributed by atoms with E-state index in [0.29, 0.717) is 24.3 Å². The molecule has 9 heteroatoms. The fraction of sp³-hybridized carbons (Fsp3) is 0.458. The minimum atomic E-state index is -0.768. The predicted molar refractivity (Wildman–Crippen MR) is 131 cm³/mol. The van der Waals surface area contributed by atoms with Gasteiger partial charge in [0.25, 0.3) is 11.5 Å². The van der Waals surface area contributed by atoms with Crippen molar-refractivity contribution in [1.29, 1.82) is 0 Å². The van der Waals surface area contributed by atoms with E-state index >= 15 is 0 Å². The lowest BCUT2D eigenvalue weighted by atomic mass is 10.00. The van der Waals surface area contributed by atoms with E-state index in [4.69, 9.17) is 4.99 Å². The number of piperidine rings is 1. The first kappa shape index (κ1) is 22.0. The topological polar surface area (TPSA) is 97.9 Å². The second-order valence-electron chi connectivity index (χ2n) is 9.00. The molecule has 33 heavy (non-hydrogen) atoms. The molecule has 0 aliphatic carbocycles. The first-order chi connectivity index (χ1) is 15.9. The number of aromatic amines is 1. The van der Waals surface area contributed by atoms with Crippen molar-refractivity contribution < 1.29 is 9.00 Å². The number of aliphatic imine (C=N–C) groups is 1. The van der Waals surface area contributed by atoms with Crippen LogP contribution < -0.4 is 10.9 Å². The summed E-state index contributed by atoms with van der Waals surface area (Å²) >= 11 is 0. The summed E-state index contributed by atoms with van der Waals surface area (Å²) in [5.41, 5.74) is 5.50. The Labute approximate surface area is 195 Å². The molecule has 4 heterocycles. The molecule has 0 saturated carbocycles. The Morgan fingerprint density at radius 3 is 2.73 bits per heavy atom. The van der Waals surface area contributed by atoms with Crippen LogP contribution in [0.1, 0.15) is 39.9 Å². The number of pyridine rings is 1. The number of hydrogen-bond acceptors (Lipinski definition) is 6. The number of benzene rings is 1. The van der Waals surface area contributed by atoms with Crippen molar-refractivity contribution in [1.82, 2.24) is 14.8 Å². The fourth-order valence-corrected chi connectivity index (χ4v) is 5.67. The van der Waals surface area contributed by atoms with E-state index < -0.39 is 10.8 Å². The molecule has 1 atom stereocenters. The van der Waals surface area contributed by atoms with Gasteiger partial charge in [-0.3, -0.25) is 18.8 Å². The highest BCUT2D eigenvalue weighted by Crippen LogP contribution is 2.37. The van der Waals surface area contributed by atoms with Crippen LogP contribution in [0.3, 0.4) is 0 Å². The molecule has 2 N–H and O–H groups in total. The number of likely N-dealkylation sites (tertiary alicyclic amines) is 1. The lowest BCUT2D eigenvalue weighted by Crippen LogP contribution is -2.45. The average Bonchev–Trinajstić information content (AvgIpc) is 3.36. The Kier molecular flexibility index (Phi) is 5.92. The van der Waals surface area contributed by atoms with Crippen molar-refractivity contribution in [2.75, 3.05) is 44.0 Å². The van der Waals surface area contributed by atoms with Crippen LogP contribution in [0.15, 0.2) is 34.2 Å². The second-order valence-corrected chi connectivity index (χ2v) is 10.6. The Bertz CT molecular complexity index is 1210. The summed E-state index contributed by atoms with van der Waals surface area (Å²) in [6.45, 7) is 3.34. The van der Waals surface area contributed by atoms with E-state index in [-0.39, 0.29) is 17.5 Å². The molecule has 1 unspecified atom stereocenters. The molecule has 1 fully saturated rings. The van der Waals surface area contributed by atoms with Crippen molar-refractivity contribution in [3.05, 3.63) is 57.0 Å². The van der Waals surface area contributed by atoms with Crippen LogP contribution in [0.25, 0.3) is 0 Å². The summed E-state index contributed by atoms with van der Waals surface area (Å²) in [7, 11) is 1.02. The van der Waals surface area contributed by atoms with Gasteiger partial charge in [0, 0.05) is 80.3 Å². The van der Waals surface area contributed by atoms with Crippen LogP contribution in [0.4, 0.5) is 11.4 Å². The van der Waals surface area contributed by atoms with Gasteiger partial charge in [-0.15, -0.1) is 0 Å². The maximum atomic E-state index is 13.3. The van der Waals surface area contributed by atoms with Gasteiger partial charge in [0.05, 0.1) is 22.6 Å². The highest BCUT2D eigenvalue weighted by Gasteiger charge is 2.36. The van der Waals surface area contributed by atoms with Crippen molar-refractivity contribution in [3.63, 3.8) is 0 Å². The molecular weight excluding hydrogens is 438 g/mol. The predicted octanol–water partition coefficient (Wildman–Crippen LogP) is 1.89. The van der Waals surface area contributed by atoms with Crippen LogP contribution in [-0.4, -0.2) is 75.3 Å². The summed E-state index contributed by atoms with van der Waals surface area (Å²) in [6.07, 6.45) is 5.80. The highest BCUT2D eigenvalue weighted by atomic mass is 32.2. The molecule has 0 bridgehead atoms. The van der Waals surface area contributed by atoms with Gasteiger partial charge in [-0.25, -0.2) is 0 Å². The zero-order chi connectivity index (χ0) is 23.1. The molecule has 1 aromatic carbocycles. The average molecular weight is 468 g/mol. The Hall–Kier alpha value is -2.78. The number of fused-ring (bicyclic) bond motifs is 2. The smallest absolute Gasteiger partial charge is 0.259 e. The summed E-state index contributed by atoms with van der Waals surface area (Å²) in [6, 6.07) is 6.07. The maximum absolute atomic E-state index is 13.3. The largest absolute Gasteiger partial charge is 0.387 e. The highest BCUT2D eigenvalue weighted by molar-refractivity contribution is 7.84. The number of carbonyl (C=O) groups excluding carboxylic acids is 1. The number of H-pyrrole nitrogens is 1. The summed E-state index contributed by atoms with van der Waals surface area (Å²) in [4.78, 5) is 37.6. The van der Waals surface area contributed by atoms with Gasteiger partial charge in [-0.2, -0.15) is 0 Å². The van der Waals surface area contributed by atoms with E-state index in [1.807, 2.05) is 23.1 Å². The van der Waals surface area contributed by atoms with Gasteiger partial charge in [-0.05, 0) is 42.2 Å². The molecule has 8 nitrogen and oxygen atoms in total. The van der Waals surface area contributed by atoms with Gasteiger partial charge in [-0.1, -0.05) is 0 Å². The third-order valence-electron chi connectivity index (χ3n) is 6.96. The molecular formula is C24H29N5O3S. The third kappa shape index (κ3) is 4.15. The fourth-order valence-electron chi connectivity index (χ4n) is 5.15. The van der Waals surface area contributed by atoms with E-state index in [9.17, 15) is 13.8 Å². The number of rotatable bonds is 6. The van der Waals surface area contributed by atoms with Gasteiger partial charge in [0.15, 0.2) is 0 Å². The molecule has 0 radical (unpaired) electrons. The molecule has 2 aromatic rings. The number of nitrogens with one attached hydrogen (secondary N) is 2. The molecule has 1 amide bonds. The van der Waals surface area contributed by atoms with Gasteiger partial charge in [0.2, 0.25) is 0 Å². The molecule has 3 aliphatic heterocycles. The molecule has 0 spiro atoms. The van der Waals surface area contributed by atoms with Crippen LogP contribution in [0.5, 0.6) is 0 Å². The van der Waals surface area contributed by atoms with Crippen molar-refractivity contribution in [2.45, 2.75) is 31.8 Å². The van der Waals surface area contributed by atoms with Crippen LogP contribution in [0.2, 0.25) is 0 Å². The van der Waals surface area contributed by atoms with Crippen LogP contribution in [-0.2, 0) is 23.8 Å². The van der Waals surface area contributed by atoms with Crippen molar-refractivity contribution in [3.8, 4) is 0 Å². The minimum Gasteiger partial charge on any atom is -0.387 e. The molecule has 1 aromatic heterocycles. The van der Waals surface area contributed by atoms with Crippen molar-refractivity contribution >= 4 is 33.8 Å². The minimum absolute atomic E-state index is 0.0998. The lowest BCUT2D eigenvalue weighted by Gasteiger charge is -2.36. The number of hydrogen-bond donors (Lipinski definition) is 2. The standard InChI is InChI=1S/C24H29N5O3S/c1-25-19-3-6-26-23(30)22(19)21-12-15-11-18-16(13-20(15)27-21)14-29(24(18)31)17-4-7-28(8-5-17)9-10-33(2)32/h3,6,11,13,17H,4-5,7-10,12,14H2,1-2H3,(H2,25,26,30). The first-order valence-corrected chi connectivity index (χ1v) is 13.1. The molecule has 5 rings (SSSR count). The Balaban J connectivity index is 1.32. The Morgan fingerprint density at radius 1 is 1.21 bits per heavy atom. The third-order valence-corrected chi connectivity index (χ3v) is 7.72. The van der Waals surface area contributed by atoms with E-state index in [1.165, 1.54) is 0 Å². The van der Waals surface area contributed by atoms with Gasteiger partial charge in [0.1, 0.15) is 0 Å². The number of anilines is 1. The quantitative estimate of drug-likeness (QED) is 0.676. The lowest BCUT2D eigenvalue weighted by molar-refractivity contribution is 0.0603. The molecule has 174 valence electrons. The molecule has 1 saturated heterocycles. The van der Waals surface area contributed by atoms with Gasteiger partial charge >= 0.3 is 0 Å². The number of amides is 1. The SMILES string of the molecule is CNc1cc[nH]c(=O)c1C1=Nc2cc3c(cc2C1)C(=O)N(C1CCN(CCS(C)=O)CC1)C3. The normalized spacial score (nSPS) is 19.4. The van der Waals surface area contributed by atoms with E-state index in [2.05, 4.69) is 15.2 Å². The Morgan fingerprint density at radius 2 is 2.00 bits per heavy atom. The van der Waals surface area contributed by atoms with E-state index in [0.717, 1.165) is 66.3 Å². The van der Waals surface area contributed by atoms with Gasteiger partial charge < -0.3 is 20.1 Å². The first-order valence-electron chi connectivity index (χ1n) is 11.4. The zero-order valence-corrected chi connectivity index (χ0v) is 19.8. The summed E-state index contributed by atoms with van der Waals surface area (Å²) in [5, 5.41) is 3.07. The zero-order valence-electron chi connectivity index (χ0n) is 19.0. The maximum Gasteiger partial charge on any atom is 0.259 e. The molecule has 3 aliphatic rings. The monoisotopic (exact) mass is 467 g/mol. The van der Waals surface area contributed by atoms with Crippen molar-refractivity contribution in [2.24, 2.45) is 4.99 Å². The van der Waals surface area contributed by atoms with Crippen LogP contribution >= 0.6 is 0 Å². The van der Waals surface area contributed by atoms with Crippen LogP contribution in [0, 0.1) is 0 Å². The number of aromatic nitrogens is 1. The van der Waals surface area contributed by atoms with E-state index in [1.54, 1.807) is 19.5 Å². The summed E-state index contributed by atoms with van der Waals surface area (Å²) < 4.78 is 11.4.